The first-order valence-electron chi connectivity index (χ1n) is 6.50. The highest BCUT2D eigenvalue weighted by Gasteiger charge is 2.35. The number of sulfonamides is 1. The van der Waals surface area contributed by atoms with Crippen LogP contribution < -0.4 is 5.73 Å². The smallest absolute Gasteiger partial charge is 0.246 e. The number of halogens is 2. The third-order valence-corrected chi connectivity index (χ3v) is 5.93. The van der Waals surface area contributed by atoms with Crippen LogP contribution in [0.25, 0.3) is 0 Å². The quantitative estimate of drug-likeness (QED) is 0.816. The molecule has 1 aromatic carbocycles. The van der Waals surface area contributed by atoms with Gasteiger partial charge >= 0.3 is 0 Å². The number of anilines is 1. The summed E-state index contributed by atoms with van der Waals surface area (Å²) in [5, 5.41) is 0. The molecule has 0 unspecified atom stereocenters. The van der Waals surface area contributed by atoms with Crippen molar-refractivity contribution in [3.8, 4) is 0 Å². The van der Waals surface area contributed by atoms with E-state index in [0.717, 1.165) is 12.8 Å². The number of benzene rings is 1. The summed E-state index contributed by atoms with van der Waals surface area (Å²) in [6.45, 7) is 4.02. The fourth-order valence-corrected chi connectivity index (χ4v) is 4.48. The Balaban J connectivity index is 2.46. The van der Waals surface area contributed by atoms with Crippen molar-refractivity contribution in [1.29, 1.82) is 0 Å². The lowest BCUT2D eigenvalue weighted by Crippen LogP contribution is -2.38. The molecule has 0 atom stereocenters. The minimum absolute atomic E-state index is 0.0613. The lowest BCUT2D eigenvalue weighted by Gasteiger charge is -2.26. The van der Waals surface area contributed by atoms with Crippen molar-refractivity contribution >= 4 is 31.6 Å². The van der Waals surface area contributed by atoms with Crippen LogP contribution in [0.1, 0.15) is 26.7 Å². The molecule has 1 aliphatic rings. The van der Waals surface area contributed by atoms with Crippen molar-refractivity contribution in [2.45, 2.75) is 37.6 Å². The van der Waals surface area contributed by atoms with Crippen molar-refractivity contribution in [3.05, 3.63) is 22.4 Å². The average molecular weight is 365 g/mol. The lowest BCUT2D eigenvalue weighted by atomic mass is 10.3. The predicted octanol–water partition coefficient (Wildman–Crippen LogP) is 2.98. The van der Waals surface area contributed by atoms with E-state index in [1.54, 1.807) is 13.8 Å². The normalized spacial score (nSPS) is 16.1. The molecule has 0 radical (unpaired) electrons. The van der Waals surface area contributed by atoms with E-state index in [1.165, 1.54) is 16.4 Å². The van der Waals surface area contributed by atoms with Crippen molar-refractivity contribution in [2.24, 2.45) is 5.92 Å². The van der Waals surface area contributed by atoms with Crippen molar-refractivity contribution in [1.82, 2.24) is 4.31 Å². The van der Waals surface area contributed by atoms with E-state index in [2.05, 4.69) is 15.9 Å². The van der Waals surface area contributed by atoms with Gasteiger partial charge in [0.05, 0.1) is 4.47 Å². The van der Waals surface area contributed by atoms with E-state index in [0.29, 0.717) is 12.5 Å². The van der Waals surface area contributed by atoms with Gasteiger partial charge in [-0.3, -0.25) is 0 Å². The van der Waals surface area contributed by atoms with Crippen molar-refractivity contribution in [2.75, 3.05) is 12.3 Å². The molecule has 1 aliphatic carbocycles. The van der Waals surface area contributed by atoms with E-state index in [9.17, 15) is 12.8 Å². The summed E-state index contributed by atoms with van der Waals surface area (Å²) < 4.78 is 40.9. The first kappa shape index (κ1) is 15.7. The molecular formula is C13H18BrFN2O2S. The molecule has 1 aromatic rings. The fourth-order valence-electron chi connectivity index (χ4n) is 2.04. The number of nitrogen functional groups attached to an aromatic ring is 1. The van der Waals surface area contributed by atoms with Crippen LogP contribution in [0.3, 0.4) is 0 Å². The predicted molar refractivity (Wildman–Crippen MR) is 80.3 cm³/mol. The lowest BCUT2D eigenvalue weighted by molar-refractivity contribution is 0.340. The Hall–Kier alpha value is -0.660. The number of rotatable bonds is 5. The fraction of sp³-hybridized carbons (Fsp3) is 0.538. The second-order valence-corrected chi connectivity index (χ2v) is 8.14. The molecule has 0 aromatic heterocycles. The molecule has 0 heterocycles. The maximum absolute atomic E-state index is 14.1. The van der Waals surface area contributed by atoms with Gasteiger partial charge in [-0.1, -0.05) is 0 Å². The highest BCUT2D eigenvalue weighted by molar-refractivity contribution is 9.10. The zero-order valence-corrected chi connectivity index (χ0v) is 13.8. The molecule has 1 saturated carbocycles. The highest BCUT2D eigenvalue weighted by Crippen LogP contribution is 2.34. The van der Waals surface area contributed by atoms with Crippen LogP contribution in [0.4, 0.5) is 10.1 Å². The molecule has 1 fully saturated rings. The Morgan fingerprint density at radius 1 is 1.45 bits per heavy atom. The molecule has 7 heteroatoms. The Morgan fingerprint density at radius 3 is 2.55 bits per heavy atom. The first-order chi connectivity index (χ1) is 9.23. The van der Waals surface area contributed by atoms with Gasteiger partial charge in [0.1, 0.15) is 4.90 Å². The van der Waals surface area contributed by atoms with Crippen LogP contribution in [0.15, 0.2) is 21.5 Å². The van der Waals surface area contributed by atoms with Crippen LogP contribution in [0, 0.1) is 11.7 Å². The minimum atomic E-state index is -3.88. The number of nitrogens with two attached hydrogens (primary N) is 1. The standard InChI is InChI=1S/C13H18BrFN2O2S/c1-8(2)17(7-9-3-4-9)20(18,19)12-6-10(16)5-11(14)13(12)15/h5-6,8-9H,3-4,7,16H2,1-2H3. The molecule has 0 spiro atoms. The molecule has 2 rings (SSSR count). The molecule has 4 nitrogen and oxygen atoms in total. The van der Waals surface area contributed by atoms with Gasteiger partial charge in [0.15, 0.2) is 5.82 Å². The molecule has 20 heavy (non-hydrogen) atoms. The zero-order valence-electron chi connectivity index (χ0n) is 11.4. The molecule has 0 saturated heterocycles. The van der Waals surface area contributed by atoms with Gasteiger partial charge in [0.25, 0.3) is 0 Å². The molecule has 0 bridgehead atoms. The van der Waals surface area contributed by atoms with Crippen LogP contribution in [0.2, 0.25) is 0 Å². The van der Waals surface area contributed by atoms with Gasteiger partial charge in [-0.15, -0.1) is 0 Å². The zero-order chi connectivity index (χ0) is 15.1. The summed E-state index contributed by atoms with van der Waals surface area (Å²) in [4.78, 5) is -0.362. The maximum Gasteiger partial charge on any atom is 0.246 e. The summed E-state index contributed by atoms with van der Waals surface area (Å²) >= 11 is 3.00. The van der Waals surface area contributed by atoms with Gasteiger partial charge in [0, 0.05) is 18.3 Å². The van der Waals surface area contributed by atoms with E-state index >= 15 is 0 Å². The second-order valence-electron chi connectivity index (χ2n) is 5.43. The SMILES string of the molecule is CC(C)N(CC1CC1)S(=O)(=O)c1cc(N)cc(Br)c1F. The van der Waals surface area contributed by atoms with Gasteiger partial charge in [-0.05, 0) is 60.7 Å². The summed E-state index contributed by atoms with van der Waals surface area (Å²) in [7, 11) is -3.88. The summed E-state index contributed by atoms with van der Waals surface area (Å²) in [5.74, 6) is -0.402. The van der Waals surface area contributed by atoms with Crippen LogP contribution in [0.5, 0.6) is 0 Å². The maximum atomic E-state index is 14.1. The molecule has 112 valence electrons. The topological polar surface area (TPSA) is 63.4 Å². The second kappa shape index (κ2) is 5.61. The van der Waals surface area contributed by atoms with Crippen LogP contribution in [-0.2, 0) is 10.0 Å². The Bertz CT molecular complexity index is 615. The number of hydrogen-bond donors (Lipinski definition) is 1. The molecule has 0 aliphatic heterocycles. The Morgan fingerprint density at radius 2 is 2.05 bits per heavy atom. The number of nitrogens with zero attached hydrogens (tertiary/aromatic N) is 1. The average Bonchev–Trinajstić information content (AvgIpc) is 3.13. The third kappa shape index (κ3) is 3.15. The third-order valence-electron chi connectivity index (χ3n) is 3.31. The van der Waals surface area contributed by atoms with Crippen LogP contribution >= 0.6 is 15.9 Å². The van der Waals surface area contributed by atoms with E-state index < -0.39 is 15.8 Å². The van der Waals surface area contributed by atoms with Crippen molar-refractivity contribution in [3.63, 3.8) is 0 Å². The first-order valence-corrected chi connectivity index (χ1v) is 8.73. The van der Waals surface area contributed by atoms with E-state index in [-0.39, 0.29) is 21.1 Å². The van der Waals surface area contributed by atoms with Gasteiger partial charge in [0.2, 0.25) is 10.0 Å². The molecular weight excluding hydrogens is 347 g/mol. The largest absolute Gasteiger partial charge is 0.399 e. The summed E-state index contributed by atoms with van der Waals surface area (Å²) in [5.41, 5.74) is 5.85. The highest BCUT2D eigenvalue weighted by atomic mass is 79.9. The van der Waals surface area contributed by atoms with Gasteiger partial charge in [-0.2, -0.15) is 4.31 Å². The Labute approximate surface area is 127 Å². The molecule has 2 N–H and O–H groups in total. The summed E-state index contributed by atoms with van der Waals surface area (Å²) in [6.07, 6.45) is 2.06. The van der Waals surface area contributed by atoms with E-state index in [1.807, 2.05) is 0 Å². The van der Waals surface area contributed by atoms with E-state index in [4.69, 9.17) is 5.73 Å². The Kier molecular flexibility index (Phi) is 4.41. The van der Waals surface area contributed by atoms with Gasteiger partial charge < -0.3 is 5.73 Å². The molecule has 0 amide bonds. The monoisotopic (exact) mass is 364 g/mol. The van der Waals surface area contributed by atoms with Crippen LogP contribution in [-0.4, -0.2) is 25.3 Å². The summed E-state index contributed by atoms with van der Waals surface area (Å²) in [6, 6.07) is 2.31. The number of hydrogen-bond acceptors (Lipinski definition) is 3. The van der Waals surface area contributed by atoms with Gasteiger partial charge in [-0.25, -0.2) is 12.8 Å². The van der Waals surface area contributed by atoms with Crippen molar-refractivity contribution < 1.29 is 12.8 Å². The minimum Gasteiger partial charge on any atom is -0.399 e.